The topological polar surface area (TPSA) is 41.6 Å². The summed E-state index contributed by atoms with van der Waals surface area (Å²) in [5.74, 6) is 0.612. The summed E-state index contributed by atoms with van der Waals surface area (Å²) in [6, 6.07) is 4.12. The van der Waals surface area contributed by atoms with Crippen molar-refractivity contribution >= 4 is 17.3 Å². The number of carbonyl (C=O) groups excluding carboxylic acids is 1. The highest BCUT2D eigenvalue weighted by atomic mass is 32.1. The van der Waals surface area contributed by atoms with E-state index in [9.17, 15) is 4.79 Å². The SMILES string of the molecule is CCN1CCC(CNCc2ccc(CC(=O)OC)s2)C1. The number of esters is 1. The number of nitrogens with zero attached hydrogens (tertiary/aromatic N) is 1. The predicted molar refractivity (Wildman–Crippen MR) is 82.0 cm³/mol. The fraction of sp³-hybridized carbons (Fsp3) is 0.667. The smallest absolute Gasteiger partial charge is 0.310 e. The van der Waals surface area contributed by atoms with Crippen molar-refractivity contribution in [2.24, 2.45) is 5.92 Å². The summed E-state index contributed by atoms with van der Waals surface area (Å²) < 4.78 is 4.68. The Kier molecular flexibility index (Phi) is 6.01. The minimum absolute atomic E-state index is 0.169. The van der Waals surface area contributed by atoms with Crippen LogP contribution in [0.5, 0.6) is 0 Å². The lowest BCUT2D eigenvalue weighted by Gasteiger charge is -2.13. The van der Waals surface area contributed by atoms with E-state index in [1.807, 2.05) is 6.07 Å². The summed E-state index contributed by atoms with van der Waals surface area (Å²) >= 11 is 1.69. The van der Waals surface area contributed by atoms with Crippen molar-refractivity contribution in [2.75, 3.05) is 33.3 Å². The highest BCUT2D eigenvalue weighted by molar-refractivity contribution is 7.12. The molecular weight excluding hydrogens is 272 g/mol. The lowest BCUT2D eigenvalue weighted by atomic mass is 10.1. The number of nitrogens with one attached hydrogen (secondary N) is 1. The van der Waals surface area contributed by atoms with E-state index in [4.69, 9.17) is 0 Å². The molecule has 1 fully saturated rings. The number of carbonyl (C=O) groups is 1. The van der Waals surface area contributed by atoms with Crippen LogP contribution in [-0.2, 0) is 22.5 Å². The Morgan fingerprint density at radius 2 is 2.30 bits per heavy atom. The summed E-state index contributed by atoms with van der Waals surface area (Å²) in [6.07, 6.45) is 1.69. The van der Waals surface area contributed by atoms with Gasteiger partial charge in [-0.3, -0.25) is 4.79 Å². The van der Waals surface area contributed by atoms with Gasteiger partial charge in [-0.1, -0.05) is 6.92 Å². The zero-order valence-electron chi connectivity index (χ0n) is 12.4. The molecule has 1 unspecified atom stereocenters. The van der Waals surface area contributed by atoms with Gasteiger partial charge in [-0.05, 0) is 44.1 Å². The van der Waals surface area contributed by atoms with Crippen LogP contribution in [-0.4, -0.2) is 44.2 Å². The van der Waals surface area contributed by atoms with E-state index in [0.29, 0.717) is 6.42 Å². The van der Waals surface area contributed by atoms with Crippen molar-refractivity contribution in [2.45, 2.75) is 26.3 Å². The molecule has 2 heterocycles. The van der Waals surface area contributed by atoms with Gasteiger partial charge in [0.15, 0.2) is 0 Å². The molecule has 0 amide bonds. The summed E-state index contributed by atoms with van der Waals surface area (Å²) in [5, 5.41) is 3.54. The maximum atomic E-state index is 11.2. The average molecular weight is 296 g/mol. The second kappa shape index (κ2) is 7.76. The van der Waals surface area contributed by atoms with Gasteiger partial charge < -0.3 is 15.0 Å². The molecule has 0 bridgehead atoms. The van der Waals surface area contributed by atoms with Gasteiger partial charge in [-0.15, -0.1) is 11.3 Å². The maximum Gasteiger partial charge on any atom is 0.310 e. The molecule has 2 rings (SSSR count). The van der Waals surface area contributed by atoms with Gasteiger partial charge in [-0.2, -0.15) is 0 Å². The van der Waals surface area contributed by atoms with Gasteiger partial charge in [0.25, 0.3) is 0 Å². The molecular formula is C15H24N2O2S. The molecule has 0 spiro atoms. The molecule has 112 valence electrons. The first-order valence-corrected chi connectivity index (χ1v) is 8.10. The molecule has 0 aliphatic carbocycles. The second-order valence-corrected chi connectivity index (χ2v) is 6.55. The third-order valence-electron chi connectivity index (χ3n) is 3.81. The molecule has 20 heavy (non-hydrogen) atoms. The molecule has 0 radical (unpaired) electrons. The van der Waals surface area contributed by atoms with Gasteiger partial charge in [0.05, 0.1) is 13.5 Å². The fourth-order valence-electron chi connectivity index (χ4n) is 2.59. The first-order valence-electron chi connectivity index (χ1n) is 7.28. The van der Waals surface area contributed by atoms with Crippen molar-refractivity contribution in [3.8, 4) is 0 Å². The van der Waals surface area contributed by atoms with Gasteiger partial charge in [0.2, 0.25) is 0 Å². The Morgan fingerprint density at radius 1 is 1.50 bits per heavy atom. The normalized spacial score (nSPS) is 19.4. The van der Waals surface area contributed by atoms with Gasteiger partial charge >= 0.3 is 5.97 Å². The van der Waals surface area contributed by atoms with Crippen molar-refractivity contribution in [3.05, 3.63) is 21.9 Å². The molecule has 1 saturated heterocycles. The third-order valence-corrected chi connectivity index (χ3v) is 4.90. The number of ether oxygens (including phenoxy) is 1. The zero-order chi connectivity index (χ0) is 14.4. The Morgan fingerprint density at radius 3 is 3.00 bits per heavy atom. The Bertz CT molecular complexity index is 433. The second-order valence-electron chi connectivity index (χ2n) is 5.30. The van der Waals surface area contributed by atoms with Crippen molar-refractivity contribution in [1.29, 1.82) is 0 Å². The Balaban J connectivity index is 1.68. The van der Waals surface area contributed by atoms with Crippen LogP contribution in [0.2, 0.25) is 0 Å². The molecule has 1 aromatic heterocycles. The van der Waals surface area contributed by atoms with E-state index in [-0.39, 0.29) is 5.97 Å². The van der Waals surface area contributed by atoms with Crippen LogP contribution in [0.1, 0.15) is 23.1 Å². The summed E-state index contributed by atoms with van der Waals surface area (Å²) in [4.78, 5) is 16.1. The maximum absolute atomic E-state index is 11.2. The van der Waals surface area contributed by atoms with E-state index in [0.717, 1.165) is 30.4 Å². The number of likely N-dealkylation sites (tertiary alicyclic amines) is 1. The lowest BCUT2D eigenvalue weighted by molar-refractivity contribution is -0.139. The van der Waals surface area contributed by atoms with Crippen LogP contribution in [0.15, 0.2) is 12.1 Å². The summed E-state index contributed by atoms with van der Waals surface area (Å²) in [5.41, 5.74) is 0. The fourth-order valence-corrected chi connectivity index (χ4v) is 3.57. The first-order chi connectivity index (χ1) is 9.71. The Hall–Kier alpha value is -0.910. The van der Waals surface area contributed by atoms with Crippen LogP contribution >= 0.6 is 11.3 Å². The van der Waals surface area contributed by atoms with Crippen molar-refractivity contribution < 1.29 is 9.53 Å². The van der Waals surface area contributed by atoms with Crippen LogP contribution in [0.25, 0.3) is 0 Å². The molecule has 1 aromatic rings. The van der Waals surface area contributed by atoms with Crippen molar-refractivity contribution in [1.82, 2.24) is 10.2 Å². The van der Waals surface area contributed by atoms with Gasteiger partial charge in [-0.25, -0.2) is 0 Å². The van der Waals surface area contributed by atoms with E-state index < -0.39 is 0 Å². The minimum Gasteiger partial charge on any atom is -0.469 e. The third kappa shape index (κ3) is 4.58. The molecule has 0 saturated carbocycles. The largest absolute Gasteiger partial charge is 0.469 e. The molecule has 4 nitrogen and oxygen atoms in total. The van der Waals surface area contributed by atoms with E-state index in [1.165, 1.54) is 31.5 Å². The first kappa shape index (κ1) is 15.5. The van der Waals surface area contributed by atoms with Crippen LogP contribution < -0.4 is 5.32 Å². The zero-order valence-corrected chi connectivity index (χ0v) is 13.2. The van der Waals surface area contributed by atoms with Crippen molar-refractivity contribution in [3.63, 3.8) is 0 Å². The van der Waals surface area contributed by atoms with Gasteiger partial charge in [0, 0.05) is 22.8 Å². The minimum atomic E-state index is -0.169. The molecule has 1 atom stereocenters. The highest BCUT2D eigenvalue weighted by Crippen LogP contribution is 2.18. The van der Waals surface area contributed by atoms with E-state index in [1.54, 1.807) is 11.3 Å². The summed E-state index contributed by atoms with van der Waals surface area (Å²) in [7, 11) is 1.43. The molecule has 5 heteroatoms. The number of rotatable bonds is 7. The number of hydrogen-bond donors (Lipinski definition) is 1. The number of hydrogen-bond acceptors (Lipinski definition) is 5. The summed E-state index contributed by atoms with van der Waals surface area (Å²) in [6.45, 7) is 7.84. The molecule has 1 aliphatic heterocycles. The van der Waals surface area contributed by atoms with Gasteiger partial charge in [0.1, 0.15) is 0 Å². The predicted octanol–water partition coefficient (Wildman–Crippen LogP) is 1.90. The Labute approximate surface area is 125 Å². The van der Waals surface area contributed by atoms with E-state index in [2.05, 4.69) is 27.9 Å². The highest BCUT2D eigenvalue weighted by Gasteiger charge is 2.20. The van der Waals surface area contributed by atoms with E-state index >= 15 is 0 Å². The lowest BCUT2D eigenvalue weighted by Crippen LogP contribution is -2.25. The van der Waals surface area contributed by atoms with Crippen LogP contribution in [0.3, 0.4) is 0 Å². The van der Waals surface area contributed by atoms with Crippen LogP contribution in [0.4, 0.5) is 0 Å². The average Bonchev–Trinajstić information content (AvgIpc) is 3.08. The van der Waals surface area contributed by atoms with Crippen LogP contribution in [0, 0.1) is 5.92 Å². The monoisotopic (exact) mass is 296 g/mol. The molecule has 1 aliphatic rings. The number of methoxy groups -OCH3 is 1. The number of thiophene rings is 1. The standard InChI is InChI=1S/C15H24N2O2S/c1-3-17-7-6-12(11-17)9-16-10-14-5-4-13(20-14)8-15(18)19-2/h4-5,12,16H,3,6-11H2,1-2H3. The molecule has 1 N–H and O–H groups in total. The quantitative estimate of drug-likeness (QED) is 0.780. The molecule has 0 aromatic carbocycles.